The van der Waals surface area contributed by atoms with Gasteiger partial charge in [-0.2, -0.15) is 0 Å². The van der Waals surface area contributed by atoms with Gasteiger partial charge in [0.25, 0.3) is 0 Å². The minimum atomic E-state index is -1.14. The lowest BCUT2D eigenvalue weighted by Gasteiger charge is -2.18. The van der Waals surface area contributed by atoms with Crippen LogP contribution in [0.3, 0.4) is 0 Å². The van der Waals surface area contributed by atoms with E-state index in [2.05, 4.69) is 50.8 Å². The van der Waals surface area contributed by atoms with Gasteiger partial charge in [0.2, 0.25) is 0 Å². The maximum absolute atomic E-state index is 5.96. The zero-order valence-corrected chi connectivity index (χ0v) is 10.7. The van der Waals surface area contributed by atoms with E-state index in [1.807, 2.05) is 0 Å². The molecule has 0 saturated heterocycles. The van der Waals surface area contributed by atoms with E-state index in [0.717, 1.165) is 6.42 Å². The minimum Gasteiger partial charge on any atom is -0.324 e. The van der Waals surface area contributed by atoms with Crippen LogP contribution in [0.1, 0.15) is 24.9 Å². The third-order valence-electron chi connectivity index (χ3n) is 2.64. The van der Waals surface area contributed by atoms with E-state index in [1.165, 1.54) is 10.8 Å². The molecule has 0 aliphatic heterocycles. The molecule has 1 rings (SSSR count). The Labute approximate surface area is 88.3 Å². The van der Waals surface area contributed by atoms with E-state index in [9.17, 15) is 0 Å². The van der Waals surface area contributed by atoms with Gasteiger partial charge in [-0.25, -0.2) is 0 Å². The Bertz CT molecular complexity index is 284. The zero-order valence-electron chi connectivity index (χ0n) is 9.67. The molecule has 1 atom stereocenters. The van der Waals surface area contributed by atoms with E-state index >= 15 is 0 Å². The van der Waals surface area contributed by atoms with Crippen molar-refractivity contribution in [3.05, 3.63) is 29.8 Å². The lowest BCUT2D eigenvalue weighted by atomic mass is 10.1. The SMILES string of the molecule is CCC(N)c1ccc([Si](C)(C)C)cc1. The first-order valence-electron chi connectivity index (χ1n) is 5.31. The highest BCUT2D eigenvalue weighted by Gasteiger charge is 2.15. The summed E-state index contributed by atoms with van der Waals surface area (Å²) in [6.45, 7) is 9.21. The first-order chi connectivity index (χ1) is 6.45. The molecule has 1 nitrogen and oxygen atoms in total. The van der Waals surface area contributed by atoms with Gasteiger partial charge in [0.15, 0.2) is 0 Å². The molecule has 0 aliphatic rings. The lowest BCUT2D eigenvalue weighted by molar-refractivity contribution is 0.699. The molecule has 2 N–H and O–H groups in total. The normalized spacial score (nSPS) is 14.1. The maximum atomic E-state index is 5.96. The van der Waals surface area contributed by atoms with Crippen LogP contribution in [0.25, 0.3) is 0 Å². The van der Waals surface area contributed by atoms with E-state index in [4.69, 9.17) is 5.73 Å². The molecule has 2 heteroatoms. The van der Waals surface area contributed by atoms with Crippen LogP contribution in [0, 0.1) is 0 Å². The van der Waals surface area contributed by atoms with Gasteiger partial charge < -0.3 is 5.73 Å². The van der Waals surface area contributed by atoms with Crippen LogP contribution >= 0.6 is 0 Å². The van der Waals surface area contributed by atoms with Crippen LogP contribution in [-0.2, 0) is 0 Å². The predicted octanol–water partition coefficient (Wildman–Crippen LogP) is 2.64. The Kier molecular flexibility index (Phi) is 3.51. The fraction of sp³-hybridized carbons (Fsp3) is 0.500. The van der Waals surface area contributed by atoms with E-state index in [1.54, 1.807) is 0 Å². The second-order valence-electron chi connectivity index (χ2n) is 4.89. The highest BCUT2D eigenvalue weighted by Crippen LogP contribution is 2.13. The van der Waals surface area contributed by atoms with Gasteiger partial charge in [-0.1, -0.05) is 56.0 Å². The molecule has 0 aliphatic carbocycles. The van der Waals surface area contributed by atoms with Crippen molar-refractivity contribution in [3.8, 4) is 0 Å². The first kappa shape index (κ1) is 11.5. The summed E-state index contributed by atoms with van der Waals surface area (Å²) in [6, 6.07) is 9.06. The van der Waals surface area contributed by atoms with Crippen molar-refractivity contribution >= 4 is 13.3 Å². The highest BCUT2D eigenvalue weighted by atomic mass is 28.3. The van der Waals surface area contributed by atoms with Gasteiger partial charge >= 0.3 is 0 Å². The molecule has 0 heterocycles. The predicted molar refractivity (Wildman–Crippen MR) is 66.6 cm³/mol. The van der Waals surface area contributed by atoms with Gasteiger partial charge in [0, 0.05) is 6.04 Å². The third kappa shape index (κ3) is 2.69. The van der Waals surface area contributed by atoms with Crippen molar-refractivity contribution < 1.29 is 0 Å². The van der Waals surface area contributed by atoms with E-state index in [-0.39, 0.29) is 6.04 Å². The summed E-state index contributed by atoms with van der Waals surface area (Å²) in [6.07, 6.45) is 1.01. The van der Waals surface area contributed by atoms with Crippen LogP contribution < -0.4 is 10.9 Å². The van der Waals surface area contributed by atoms with Crippen molar-refractivity contribution in [3.63, 3.8) is 0 Å². The average molecular weight is 207 g/mol. The molecule has 0 fully saturated rings. The topological polar surface area (TPSA) is 26.0 Å². The second kappa shape index (κ2) is 4.28. The Hall–Kier alpha value is -0.603. The fourth-order valence-corrected chi connectivity index (χ4v) is 2.63. The number of hydrogen-bond donors (Lipinski definition) is 1. The standard InChI is InChI=1S/C12H21NSi/c1-5-12(13)10-6-8-11(9-7-10)14(2,3)4/h6-9,12H,5,13H2,1-4H3. The molecule has 1 aromatic carbocycles. The van der Waals surface area contributed by atoms with Crippen molar-refractivity contribution in [2.75, 3.05) is 0 Å². The molecule has 1 unspecified atom stereocenters. The van der Waals surface area contributed by atoms with Gasteiger partial charge in [-0.15, -0.1) is 0 Å². The molecular weight excluding hydrogens is 186 g/mol. The molecule has 0 aromatic heterocycles. The van der Waals surface area contributed by atoms with Gasteiger partial charge in [0.05, 0.1) is 8.07 Å². The number of nitrogens with two attached hydrogens (primary N) is 1. The summed E-state index contributed by atoms with van der Waals surface area (Å²) in [5, 5.41) is 1.50. The van der Waals surface area contributed by atoms with Crippen molar-refractivity contribution in [2.45, 2.75) is 39.0 Å². The van der Waals surface area contributed by atoms with E-state index < -0.39 is 8.07 Å². The second-order valence-corrected chi connectivity index (χ2v) is 9.96. The van der Waals surface area contributed by atoms with E-state index in [0.29, 0.717) is 0 Å². The summed E-state index contributed by atoms with van der Waals surface area (Å²) in [5.74, 6) is 0. The summed E-state index contributed by atoms with van der Waals surface area (Å²) in [7, 11) is -1.14. The maximum Gasteiger partial charge on any atom is 0.0775 e. The summed E-state index contributed by atoms with van der Waals surface area (Å²) >= 11 is 0. The summed E-state index contributed by atoms with van der Waals surface area (Å²) in [4.78, 5) is 0. The molecule has 14 heavy (non-hydrogen) atoms. The number of hydrogen-bond acceptors (Lipinski definition) is 1. The molecule has 0 radical (unpaired) electrons. The zero-order chi connectivity index (χ0) is 10.8. The largest absolute Gasteiger partial charge is 0.324 e. The Morgan fingerprint density at radius 3 is 2.00 bits per heavy atom. The van der Waals surface area contributed by atoms with Crippen molar-refractivity contribution in [1.29, 1.82) is 0 Å². The average Bonchev–Trinajstić information content (AvgIpc) is 2.15. The van der Waals surface area contributed by atoms with Crippen LogP contribution in [0.2, 0.25) is 19.6 Å². The van der Waals surface area contributed by atoms with Crippen molar-refractivity contribution in [2.24, 2.45) is 5.73 Å². The quantitative estimate of drug-likeness (QED) is 0.758. The molecule has 0 saturated carbocycles. The van der Waals surface area contributed by atoms with Gasteiger partial charge in [0.1, 0.15) is 0 Å². The molecule has 0 amide bonds. The molecule has 1 aromatic rings. The Balaban J connectivity index is 2.89. The number of rotatable bonds is 3. The first-order valence-corrected chi connectivity index (χ1v) is 8.81. The smallest absolute Gasteiger partial charge is 0.0775 e. The third-order valence-corrected chi connectivity index (χ3v) is 4.71. The minimum absolute atomic E-state index is 0.200. The highest BCUT2D eigenvalue weighted by molar-refractivity contribution is 6.88. The van der Waals surface area contributed by atoms with Crippen LogP contribution in [0.4, 0.5) is 0 Å². The number of benzene rings is 1. The molecule has 78 valence electrons. The summed E-state index contributed by atoms with van der Waals surface area (Å²) < 4.78 is 0. The van der Waals surface area contributed by atoms with Gasteiger partial charge in [-0.3, -0.25) is 0 Å². The molecule has 0 spiro atoms. The van der Waals surface area contributed by atoms with Crippen LogP contribution in [-0.4, -0.2) is 8.07 Å². The summed E-state index contributed by atoms with van der Waals surface area (Å²) in [5.41, 5.74) is 7.22. The van der Waals surface area contributed by atoms with Crippen LogP contribution in [0.5, 0.6) is 0 Å². The van der Waals surface area contributed by atoms with Crippen molar-refractivity contribution in [1.82, 2.24) is 0 Å². The van der Waals surface area contributed by atoms with Gasteiger partial charge in [-0.05, 0) is 12.0 Å². The fourth-order valence-electron chi connectivity index (χ4n) is 1.47. The monoisotopic (exact) mass is 207 g/mol. The molecule has 0 bridgehead atoms. The Morgan fingerprint density at radius 2 is 1.64 bits per heavy atom. The lowest BCUT2D eigenvalue weighted by Crippen LogP contribution is -2.37. The molecular formula is C12H21NSi. The Morgan fingerprint density at radius 1 is 1.14 bits per heavy atom. The van der Waals surface area contributed by atoms with Crippen LogP contribution in [0.15, 0.2) is 24.3 Å².